The van der Waals surface area contributed by atoms with Gasteiger partial charge in [-0.3, -0.25) is 0 Å². The van der Waals surface area contributed by atoms with Crippen molar-refractivity contribution in [3.8, 4) is 22.8 Å². The maximum atomic E-state index is 9.78. The second-order valence-electron chi connectivity index (χ2n) is 5.98. The second kappa shape index (κ2) is 7.30. The van der Waals surface area contributed by atoms with Crippen LogP contribution in [0.1, 0.15) is 18.1 Å². The van der Waals surface area contributed by atoms with E-state index < -0.39 is 0 Å². The Hall–Kier alpha value is -2.95. The largest absolute Gasteiger partial charge is 0.504 e. The molecular weight excluding hydrogens is 314 g/mol. The molecule has 1 aromatic heterocycles. The summed E-state index contributed by atoms with van der Waals surface area (Å²) < 4.78 is 7.46. The molecule has 0 amide bonds. The zero-order valence-corrected chi connectivity index (χ0v) is 14.8. The molecule has 0 saturated heterocycles. The summed E-state index contributed by atoms with van der Waals surface area (Å²) in [6.45, 7) is 5.08. The lowest BCUT2D eigenvalue weighted by molar-refractivity contribution is 0.318. The van der Waals surface area contributed by atoms with Crippen molar-refractivity contribution in [2.75, 3.05) is 11.9 Å². The number of anilines is 1. The summed E-state index contributed by atoms with van der Waals surface area (Å²) in [5, 5.41) is 13.1. The van der Waals surface area contributed by atoms with E-state index in [1.54, 1.807) is 6.07 Å². The fourth-order valence-corrected chi connectivity index (χ4v) is 2.69. The van der Waals surface area contributed by atoms with Crippen LogP contribution in [0.3, 0.4) is 0 Å². The van der Waals surface area contributed by atoms with Crippen LogP contribution < -0.4 is 10.1 Å². The standard InChI is InChI=1S/C20H23N3O2/c1-4-25-19-11-15(7-10-18(19)24)12-21-20-22-13-17(23(20)3)16-8-5-14(2)6-9-16/h5-11,13,24H,4,12H2,1-3H3,(H,21,22). The van der Waals surface area contributed by atoms with Crippen LogP contribution in [0.15, 0.2) is 48.7 Å². The molecule has 0 bridgehead atoms. The highest BCUT2D eigenvalue weighted by molar-refractivity contribution is 5.62. The summed E-state index contributed by atoms with van der Waals surface area (Å²) in [4.78, 5) is 4.48. The Labute approximate surface area is 147 Å². The Kier molecular flexibility index (Phi) is 4.93. The predicted octanol–water partition coefficient (Wildman–Crippen LogP) is 4.11. The fourth-order valence-electron chi connectivity index (χ4n) is 2.69. The number of aromatic nitrogens is 2. The number of rotatable bonds is 6. The van der Waals surface area contributed by atoms with Crippen molar-refractivity contribution in [2.45, 2.75) is 20.4 Å². The van der Waals surface area contributed by atoms with Gasteiger partial charge in [-0.1, -0.05) is 35.9 Å². The van der Waals surface area contributed by atoms with E-state index in [2.05, 4.69) is 41.5 Å². The topological polar surface area (TPSA) is 59.3 Å². The van der Waals surface area contributed by atoms with Gasteiger partial charge in [-0.25, -0.2) is 4.98 Å². The number of phenolic OH excluding ortho intramolecular Hbond substituents is 1. The molecule has 5 nitrogen and oxygen atoms in total. The van der Waals surface area contributed by atoms with Crippen LogP contribution in [0.2, 0.25) is 0 Å². The SMILES string of the molecule is CCOc1cc(CNc2ncc(-c3ccc(C)cc3)n2C)ccc1O. The normalized spacial score (nSPS) is 10.7. The molecule has 3 aromatic rings. The second-order valence-corrected chi connectivity index (χ2v) is 5.98. The average molecular weight is 337 g/mol. The third-order valence-corrected chi connectivity index (χ3v) is 4.11. The summed E-state index contributed by atoms with van der Waals surface area (Å²) in [5.41, 5.74) is 4.45. The minimum Gasteiger partial charge on any atom is -0.504 e. The number of nitrogens with one attached hydrogen (secondary N) is 1. The van der Waals surface area contributed by atoms with Gasteiger partial charge in [0.1, 0.15) is 0 Å². The highest BCUT2D eigenvalue weighted by Gasteiger charge is 2.09. The van der Waals surface area contributed by atoms with Gasteiger partial charge in [0.05, 0.1) is 18.5 Å². The summed E-state index contributed by atoms with van der Waals surface area (Å²) in [6, 6.07) is 13.8. The summed E-state index contributed by atoms with van der Waals surface area (Å²) in [5.74, 6) is 1.45. The fraction of sp³-hybridized carbons (Fsp3) is 0.250. The lowest BCUT2D eigenvalue weighted by atomic mass is 10.1. The molecule has 2 N–H and O–H groups in total. The van der Waals surface area contributed by atoms with Crippen LogP contribution in [0.25, 0.3) is 11.3 Å². The zero-order chi connectivity index (χ0) is 17.8. The van der Waals surface area contributed by atoms with E-state index >= 15 is 0 Å². The molecular formula is C20H23N3O2. The smallest absolute Gasteiger partial charge is 0.203 e. The number of phenols is 1. The number of ether oxygens (including phenoxy) is 1. The molecule has 0 spiro atoms. The number of imidazole rings is 1. The molecule has 2 aromatic carbocycles. The van der Waals surface area contributed by atoms with Crippen molar-refractivity contribution < 1.29 is 9.84 Å². The summed E-state index contributed by atoms with van der Waals surface area (Å²) in [6.07, 6.45) is 1.87. The van der Waals surface area contributed by atoms with Crippen molar-refractivity contribution in [2.24, 2.45) is 7.05 Å². The van der Waals surface area contributed by atoms with E-state index in [1.165, 1.54) is 5.56 Å². The van der Waals surface area contributed by atoms with Gasteiger partial charge in [0.25, 0.3) is 0 Å². The van der Waals surface area contributed by atoms with Gasteiger partial charge < -0.3 is 19.7 Å². The van der Waals surface area contributed by atoms with E-state index in [4.69, 9.17) is 4.74 Å². The molecule has 5 heteroatoms. The van der Waals surface area contributed by atoms with Crippen LogP contribution in [-0.4, -0.2) is 21.3 Å². The number of aromatic hydroxyl groups is 1. The molecule has 0 radical (unpaired) electrons. The minimum absolute atomic E-state index is 0.157. The van der Waals surface area contributed by atoms with Crippen molar-refractivity contribution in [3.63, 3.8) is 0 Å². The van der Waals surface area contributed by atoms with Gasteiger partial charge in [-0.2, -0.15) is 0 Å². The molecule has 3 rings (SSSR count). The third-order valence-electron chi connectivity index (χ3n) is 4.11. The van der Waals surface area contributed by atoms with Gasteiger partial charge >= 0.3 is 0 Å². The van der Waals surface area contributed by atoms with E-state index in [0.717, 1.165) is 22.8 Å². The first-order valence-electron chi connectivity index (χ1n) is 8.35. The molecule has 1 heterocycles. The molecule has 25 heavy (non-hydrogen) atoms. The van der Waals surface area contributed by atoms with Crippen LogP contribution in [0.5, 0.6) is 11.5 Å². The van der Waals surface area contributed by atoms with Crippen molar-refractivity contribution in [1.29, 1.82) is 0 Å². The third kappa shape index (κ3) is 3.76. The predicted molar refractivity (Wildman–Crippen MR) is 100.0 cm³/mol. The van der Waals surface area contributed by atoms with E-state index in [0.29, 0.717) is 18.9 Å². The van der Waals surface area contributed by atoms with Gasteiger partial charge in [0, 0.05) is 13.6 Å². The molecule has 0 fully saturated rings. The minimum atomic E-state index is 0.157. The summed E-state index contributed by atoms with van der Waals surface area (Å²) in [7, 11) is 1.99. The van der Waals surface area contributed by atoms with Crippen LogP contribution in [0, 0.1) is 6.92 Å². The Morgan fingerprint density at radius 2 is 1.92 bits per heavy atom. The Morgan fingerprint density at radius 1 is 1.16 bits per heavy atom. The molecule has 130 valence electrons. The van der Waals surface area contributed by atoms with Crippen LogP contribution in [-0.2, 0) is 13.6 Å². The first-order valence-corrected chi connectivity index (χ1v) is 8.35. The molecule has 0 aliphatic carbocycles. The summed E-state index contributed by atoms with van der Waals surface area (Å²) >= 11 is 0. The van der Waals surface area contributed by atoms with Gasteiger partial charge in [-0.05, 0) is 37.1 Å². The zero-order valence-electron chi connectivity index (χ0n) is 14.8. The van der Waals surface area contributed by atoms with E-state index in [9.17, 15) is 5.11 Å². The first-order chi connectivity index (χ1) is 12.1. The van der Waals surface area contributed by atoms with Gasteiger partial charge in [0.15, 0.2) is 11.5 Å². The molecule has 0 aliphatic rings. The van der Waals surface area contributed by atoms with Crippen molar-refractivity contribution in [1.82, 2.24) is 9.55 Å². The Balaban J connectivity index is 1.74. The number of hydrogen-bond donors (Lipinski definition) is 2. The molecule has 0 aliphatic heterocycles. The Morgan fingerprint density at radius 3 is 2.64 bits per heavy atom. The van der Waals surface area contributed by atoms with Crippen molar-refractivity contribution >= 4 is 5.95 Å². The molecule has 0 unspecified atom stereocenters. The van der Waals surface area contributed by atoms with Crippen LogP contribution in [0.4, 0.5) is 5.95 Å². The number of benzene rings is 2. The number of hydrogen-bond acceptors (Lipinski definition) is 4. The highest BCUT2D eigenvalue weighted by atomic mass is 16.5. The van der Waals surface area contributed by atoms with E-state index in [-0.39, 0.29) is 5.75 Å². The van der Waals surface area contributed by atoms with Crippen molar-refractivity contribution in [3.05, 3.63) is 59.8 Å². The van der Waals surface area contributed by atoms with Gasteiger partial charge in [0.2, 0.25) is 5.95 Å². The van der Waals surface area contributed by atoms with Gasteiger partial charge in [-0.15, -0.1) is 0 Å². The van der Waals surface area contributed by atoms with E-state index in [1.807, 2.05) is 36.9 Å². The average Bonchev–Trinajstić information content (AvgIpc) is 2.97. The lowest BCUT2D eigenvalue weighted by Crippen LogP contribution is -2.06. The number of nitrogens with zero attached hydrogens (tertiary/aromatic N) is 2. The maximum Gasteiger partial charge on any atom is 0.203 e. The number of aryl methyl sites for hydroxylation is 1. The molecule has 0 saturated carbocycles. The maximum absolute atomic E-state index is 9.78. The molecule has 0 atom stereocenters. The first kappa shape index (κ1) is 16.9. The Bertz CT molecular complexity index is 854. The highest BCUT2D eigenvalue weighted by Crippen LogP contribution is 2.27. The van der Waals surface area contributed by atoms with Crippen LogP contribution >= 0.6 is 0 Å². The monoisotopic (exact) mass is 337 g/mol. The quantitative estimate of drug-likeness (QED) is 0.710. The lowest BCUT2D eigenvalue weighted by Gasteiger charge is -2.11.